The van der Waals surface area contributed by atoms with Crippen molar-refractivity contribution < 1.29 is 4.79 Å². The maximum Gasteiger partial charge on any atom is 0.237 e. The number of carbonyl (C=O) groups excluding carboxylic acids is 1. The molecule has 0 saturated heterocycles. The zero-order valence-corrected chi connectivity index (χ0v) is 7.89. The average Bonchev–Trinajstić information content (AvgIpc) is 1.96. The lowest BCUT2D eigenvalue weighted by Gasteiger charge is -2.42. The number of hydrogen-bond donors (Lipinski definition) is 2. The van der Waals surface area contributed by atoms with Gasteiger partial charge in [-0.25, -0.2) is 0 Å². The number of nitrogens with two attached hydrogens (primary N) is 1. The first-order valence-electron chi connectivity index (χ1n) is 4.67. The normalized spacial score (nSPS) is 22.6. The molecule has 0 heterocycles. The van der Waals surface area contributed by atoms with Crippen molar-refractivity contribution in [2.24, 2.45) is 5.73 Å². The van der Waals surface area contributed by atoms with E-state index in [0.717, 1.165) is 19.3 Å². The van der Waals surface area contributed by atoms with Gasteiger partial charge in [-0.3, -0.25) is 4.79 Å². The lowest BCUT2D eigenvalue weighted by molar-refractivity contribution is -0.125. The topological polar surface area (TPSA) is 55.1 Å². The fourth-order valence-corrected chi connectivity index (χ4v) is 1.55. The van der Waals surface area contributed by atoms with Crippen molar-refractivity contribution in [1.29, 1.82) is 0 Å². The van der Waals surface area contributed by atoms with E-state index in [1.807, 2.05) is 0 Å². The monoisotopic (exact) mass is 170 g/mol. The Morgan fingerprint density at radius 2 is 2.25 bits per heavy atom. The minimum atomic E-state index is -0.381. The van der Waals surface area contributed by atoms with E-state index in [-0.39, 0.29) is 17.5 Å². The molecule has 1 atom stereocenters. The summed E-state index contributed by atoms with van der Waals surface area (Å²) in [6.45, 7) is 3.83. The Labute approximate surface area is 73.7 Å². The van der Waals surface area contributed by atoms with Crippen LogP contribution in [0.3, 0.4) is 0 Å². The summed E-state index contributed by atoms with van der Waals surface area (Å²) in [6.07, 6.45) is 4.47. The van der Waals surface area contributed by atoms with Gasteiger partial charge in [0.05, 0.1) is 6.04 Å². The highest BCUT2D eigenvalue weighted by Crippen LogP contribution is 2.34. The molecule has 0 aromatic heterocycles. The molecule has 0 aromatic rings. The van der Waals surface area contributed by atoms with Crippen LogP contribution in [0, 0.1) is 0 Å². The predicted molar refractivity (Wildman–Crippen MR) is 48.7 cm³/mol. The largest absolute Gasteiger partial charge is 0.349 e. The molecule has 1 aliphatic carbocycles. The van der Waals surface area contributed by atoms with Crippen LogP contribution in [0.5, 0.6) is 0 Å². The van der Waals surface area contributed by atoms with E-state index < -0.39 is 0 Å². The molecule has 0 bridgehead atoms. The first-order valence-corrected chi connectivity index (χ1v) is 4.67. The Hall–Kier alpha value is -0.570. The maximum atomic E-state index is 11.3. The Morgan fingerprint density at radius 3 is 2.50 bits per heavy atom. The maximum absolute atomic E-state index is 11.3. The summed E-state index contributed by atoms with van der Waals surface area (Å²) in [5.41, 5.74) is 5.55. The van der Waals surface area contributed by atoms with E-state index in [1.165, 1.54) is 6.42 Å². The van der Waals surface area contributed by atoms with Crippen LogP contribution in [-0.4, -0.2) is 17.5 Å². The molecule has 1 rings (SSSR count). The highest BCUT2D eigenvalue weighted by molar-refractivity contribution is 5.81. The van der Waals surface area contributed by atoms with Crippen LogP contribution in [0.4, 0.5) is 0 Å². The lowest BCUT2D eigenvalue weighted by atomic mass is 9.74. The molecule has 3 nitrogen and oxygen atoms in total. The molecule has 1 aliphatic rings. The van der Waals surface area contributed by atoms with Crippen LogP contribution in [0.2, 0.25) is 0 Å². The third-order valence-corrected chi connectivity index (χ3v) is 2.79. The number of amides is 1. The highest BCUT2D eigenvalue weighted by Gasteiger charge is 2.36. The third kappa shape index (κ3) is 1.78. The van der Waals surface area contributed by atoms with E-state index in [0.29, 0.717) is 0 Å². The summed E-state index contributed by atoms with van der Waals surface area (Å²) in [4.78, 5) is 11.3. The molecule has 70 valence electrons. The van der Waals surface area contributed by atoms with Gasteiger partial charge in [0.1, 0.15) is 0 Å². The van der Waals surface area contributed by atoms with Crippen LogP contribution in [0.25, 0.3) is 0 Å². The summed E-state index contributed by atoms with van der Waals surface area (Å²) in [5, 5.41) is 3.02. The number of hydrogen-bond acceptors (Lipinski definition) is 2. The van der Waals surface area contributed by atoms with E-state index in [1.54, 1.807) is 6.92 Å². The van der Waals surface area contributed by atoms with E-state index in [9.17, 15) is 4.79 Å². The molecule has 1 saturated carbocycles. The molecule has 1 fully saturated rings. The van der Waals surface area contributed by atoms with Crippen molar-refractivity contribution in [1.82, 2.24) is 5.32 Å². The van der Waals surface area contributed by atoms with Crippen molar-refractivity contribution in [2.75, 3.05) is 0 Å². The third-order valence-electron chi connectivity index (χ3n) is 2.79. The molecule has 3 N–H and O–H groups in total. The van der Waals surface area contributed by atoms with Gasteiger partial charge in [-0.15, -0.1) is 0 Å². The fourth-order valence-electron chi connectivity index (χ4n) is 1.55. The number of rotatable bonds is 3. The van der Waals surface area contributed by atoms with Gasteiger partial charge in [0.25, 0.3) is 0 Å². The molecule has 0 spiro atoms. The molecule has 1 unspecified atom stereocenters. The molecule has 12 heavy (non-hydrogen) atoms. The zero-order valence-electron chi connectivity index (χ0n) is 7.89. The summed E-state index contributed by atoms with van der Waals surface area (Å²) in [6, 6.07) is -0.381. The van der Waals surface area contributed by atoms with Gasteiger partial charge in [-0.05, 0) is 32.6 Å². The quantitative estimate of drug-likeness (QED) is 0.657. The Balaban J connectivity index is 2.43. The molecule has 3 heteroatoms. The van der Waals surface area contributed by atoms with E-state index in [4.69, 9.17) is 5.73 Å². The van der Waals surface area contributed by atoms with Crippen LogP contribution in [0.1, 0.15) is 39.5 Å². The van der Waals surface area contributed by atoms with Gasteiger partial charge in [-0.1, -0.05) is 6.92 Å². The van der Waals surface area contributed by atoms with E-state index in [2.05, 4.69) is 12.2 Å². The van der Waals surface area contributed by atoms with Crippen LogP contribution < -0.4 is 11.1 Å². The average molecular weight is 170 g/mol. The zero-order chi connectivity index (χ0) is 9.19. The second-order valence-electron chi connectivity index (χ2n) is 3.77. The molecule has 1 amide bonds. The van der Waals surface area contributed by atoms with Crippen LogP contribution >= 0.6 is 0 Å². The van der Waals surface area contributed by atoms with Crippen LogP contribution in [0.15, 0.2) is 0 Å². The first-order chi connectivity index (χ1) is 5.59. The van der Waals surface area contributed by atoms with Gasteiger partial charge in [0.15, 0.2) is 0 Å². The van der Waals surface area contributed by atoms with Gasteiger partial charge in [-0.2, -0.15) is 0 Å². The van der Waals surface area contributed by atoms with Crippen molar-refractivity contribution in [3.05, 3.63) is 0 Å². The summed E-state index contributed by atoms with van der Waals surface area (Å²) < 4.78 is 0. The van der Waals surface area contributed by atoms with Gasteiger partial charge in [0, 0.05) is 5.54 Å². The molecule has 0 aliphatic heterocycles. The Kier molecular flexibility index (Phi) is 2.73. The van der Waals surface area contributed by atoms with Gasteiger partial charge in [0.2, 0.25) is 5.91 Å². The molecule has 0 aromatic carbocycles. The van der Waals surface area contributed by atoms with Crippen molar-refractivity contribution in [3.63, 3.8) is 0 Å². The lowest BCUT2D eigenvalue weighted by Crippen LogP contribution is -2.56. The predicted octanol–water partition coefficient (Wildman–Crippen LogP) is 0.782. The Morgan fingerprint density at radius 1 is 1.67 bits per heavy atom. The molecular formula is C9H18N2O. The minimum Gasteiger partial charge on any atom is -0.349 e. The fraction of sp³-hybridized carbons (Fsp3) is 0.889. The SMILES string of the molecule is CCC1(NC(=O)C(C)N)CCC1. The second-order valence-corrected chi connectivity index (χ2v) is 3.77. The summed E-state index contributed by atoms with van der Waals surface area (Å²) in [7, 11) is 0. The first kappa shape index (κ1) is 9.52. The standard InChI is InChI=1S/C9H18N2O/c1-3-9(5-4-6-9)11-8(12)7(2)10/h7H,3-6,10H2,1-2H3,(H,11,12). The smallest absolute Gasteiger partial charge is 0.237 e. The van der Waals surface area contributed by atoms with Gasteiger partial charge < -0.3 is 11.1 Å². The minimum absolute atomic E-state index is 0.0171. The highest BCUT2D eigenvalue weighted by atomic mass is 16.2. The molecule has 0 radical (unpaired) electrons. The van der Waals surface area contributed by atoms with Crippen molar-refractivity contribution >= 4 is 5.91 Å². The Bertz CT molecular complexity index is 168. The van der Waals surface area contributed by atoms with Crippen molar-refractivity contribution in [3.8, 4) is 0 Å². The van der Waals surface area contributed by atoms with Gasteiger partial charge >= 0.3 is 0 Å². The number of nitrogens with one attached hydrogen (secondary N) is 1. The summed E-state index contributed by atoms with van der Waals surface area (Å²) in [5.74, 6) is -0.0171. The van der Waals surface area contributed by atoms with Crippen LogP contribution in [-0.2, 0) is 4.79 Å². The molecular weight excluding hydrogens is 152 g/mol. The summed E-state index contributed by atoms with van der Waals surface area (Å²) >= 11 is 0. The second kappa shape index (κ2) is 3.44. The van der Waals surface area contributed by atoms with Crippen molar-refractivity contribution in [2.45, 2.75) is 51.1 Å². The number of carbonyl (C=O) groups is 1. The van der Waals surface area contributed by atoms with E-state index >= 15 is 0 Å².